The number of guanidine groups is 1. The normalized spacial score (nSPS) is 15.9. The van der Waals surface area contributed by atoms with Crippen LogP contribution in [0.1, 0.15) is 22.3 Å². The topological polar surface area (TPSA) is 72.0 Å². The maximum Gasteiger partial charge on any atom is 0.251 e. The molecule has 0 aliphatic carbocycles. The van der Waals surface area contributed by atoms with Gasteiger partial charge >= 0.3 is 0 Å². The highest BCUT2D eigenvalue weighted by Crippen LogP contribution is 2.19. The molecule has 1 fully saturated rings. The van der Waals surface area contributed by atoms with Gasteiger partial charge in [0.05, 0.1) is 0 Å². The molecule has 2 aromatic rings. The van der Waals surface area contributed by atoms with E-state index in [2.05, 4.69) is 50.1 Å². The lowest BCUT2D eigenvalue weighted by molar-refractivity contribution is 0.0951. The highest BCUT2D eigenvalue weighted by atomic mass is 127. The number of hydrogen-bond acceptors (Lipinski definition) is 4. The molecule has 1 amide bonds. The van der Waals surface area contributed by atoms with Gasteiger partial charge in [-0.3, -0.25) is 9.79 Å². The van der Waals surface area contributed by atoms with Gasteiger partial charge in [-0.05, 0) is 50.3 Å². The first kappa shape index (κ1) is 25.9. The summed E-state index contributed by atoms with van der Waals surface area (Å²) in [6.07, 6.45) is 1.07. The summed E-state index contributed by atoms with van der Waals surface area (Å²) < 4.78 is 0. The van der Waals surface area contributed by atoms with Gasteiger partial charge in [-0.25, -0.2) is 0 Å². The standard InChI is InChI=1S/C24H34N6O.HI/c1-25-24(28-21-12-14-30(18-21)22-10-5-4-6-11-22)27-17-19-8-7-9-20(16-19)23(31)26-13-15-29(2)3;/h4-11,16,21H,12-15,17-18H2,1-3H3,(H,26,31)(H2,25,27,28);1H. The number of amides is 1. The van der Waals surface area contributed by atoms with Gasteiger partial charge in [0, 0.05) is 57.1 Å². The summed E-state index contributed by atoms with van der Waals surface area (Å²) in [5.41, 5.74) is 2.98. The Kier molecular flexibility index (Phi) is 10.8. The predicted octanol–water partition coefficient (Wildman–Crippen LogP) is 2.54. The first-order chi connectivity index (χ1) is 15.0. The molecule has 3 rings (SSSR count). The van der Waals surface area contributed by atoms with E-state index in [4.69, 9.17) is 0 Å². The van der Waals surface area contributed by atoms with Crippen LogP contribution in [0.15, 0.2) is 59.6 Å². The Morgan fingerprint density at radius 1 is 1.12 bits per heavy atom. The van der Waals surface area contributed by atoms with Gasteiger partial charge in [0.15, 0.2) is 5.96 Å². The van der Waals surface area contributed by atoms with Crippen molar-refractivity contribution >= 4 is 41.5 Å². The second-order valence-electron chi connectivity index (χ2n) is 8.10. The van der Waals surface area contributed by atoms with Gasteiger partial charge in [-0.2, -0.15) is 0 Å². The van der Waals surface area contributed by atoms with Crippen LogP contribution < -0.4 is 20.9 Å². The number of carbonyl (C=O) groups excluding carboxylic acids is 1. The average Bonchev–Trinajstić information content (AvgIpc) is 3.25. The van der Waals surface area contributed by atoms with Crippen LogP contribution in [0.4, 0.5) is 5.69 Å². The monoisotopic (exact) mass is 550 g/mol. The van der Waals surface area contributed by atoms with Gasteiger partial charge in [0.2, 0.25) is 0 Å². The Bertz CT molecular complexity index is 874. The molecular weight excluding hydrogens is 515 g/mol. The van der Waals surface area contributed by atoms with E-state index in [0.717, 1.165) is 37.6 Å². The van der Waals surface area contributed by atoms with Crippen molar-refractivity contribution in [2.75, 3.05) is 52.2 Å². The molecule has 0 saturated carbocycles. The zero-order valence-corrected chi connectivity index (χ0v) is 21.5. The summed E-state index contributed by atoms with van der Waals surface area (Å²) in [5, 5.41) is 9.86. The van der Waals surface area contributed by atoms with E-state index in [1.165, 1.54) is 5.69 Å². The number of likely N-dealkylation sites (N-methyl/N-ethyl adjacent to an activating group) is 1. The molecule has 2 aromatic carbocycles. The predicted molar refractivity (Wildman–Crippen MR) is 143 cm³/mol. The fourth-order valence-electron chi connectivity index (χ4n) is 3.64. The maximum atomic E-state index is 12.4. The van der Waals surface area contributed by atoms with Crippen molar-refractivity contribution in [2.45, 2.75) is 19.0 Å². The SMILES string of the molecule is CN=C(NCc1cccc(C(=O)NCCN(C)C)c1)NC1CCN(c2ccccc2)C1.I. The average molecular weight is 550 g/mol. The van der Waals surface area contributed by atoms with Crippen molar-refractivity contribution in [1.29, 1.82) is 0 Å². The van der Waals surface area contributed by atoms with E-state index in [1.54, 1.807) is 7.05 Å². The fraction of sp³-hybridized carbons (Fsp3) is 0.417. The number of hydrogen-bond donors (Lipinski definition) is 3. The Labute approximate surface area is 208 Å². The smallest absolute Gasteiger partial charge is 0.251 e. The lowest BCUT2D eigenvalue weighted by Gasteiger charge is -2.20. The van der Waals surface area contributed by atoms with E-state index in [0.29, 0.717) is 24.7 Å². The molecule has 174 valence electrons. The van der Waals surface area contributed by atoms with E-state index in [9.17, 15) is 4.79 Å². The summed E-state index contributed by atoms with van der Waals surface area (Å²) in [4.78, 5) is 21.2. The number of halogens is 1. The minimum atomic E-state index is -0.0434. The van der Waals surface area contributed by atoms with Crippen molar-refractivity contribution in [3.8, 4) is 0 Å². The third-order valence-electron chi connectivity index (χ3n) is 5.37. The lowest BCUT2D eigenvalue weighted by atomic mass is 10.1. The molecule has 1 aliphatic heterocycles. The van der Waals surface area contributed by atoms with Crippen LogP contribution in [0.25, 0.3) is 0 Å². The Hall–Kier alpha value is -2.33. The van der Waals surface area contributed by atoms with E-state index < -0.39 is 0 Å². The van der Waals surface area contributed by atoms with Crippen molar-refractivity contribution in [2.24, 2.45) is 4.99 Å². The highest BCUT2D eigenvalue weighted by Gasteiger charge is 2.23. The van der Waals surface area contributed by atoms with Crippen LogP contribution in [-0.2, 0) is 6.54 Å². The van der Waals surface area contributed by atoms with Gasteiger partial charge < -0.3 is 25.8 Å². The zero-order valence-electron chi connectivity index (χ0n) is 19.2. The number of carbonyl (C=O) groups is 1. The lowest BCUT2D eigenvalue weighted by Crippen LogP contribution is -2.44. The number of nitrogens with zero attached hydrogens (tertiary/aromatic N) is 3. The number of anilines is 1. The van der Waals surface area contributed by atoms with Gasteiger partial charge in [0.1, 0.15) is 0 Å². The molecule has 0 bridgehead atoms. The van der Waals surface area contributed by atoms with Crippen molar-refractivity contribution in [3.63, 3.8) is 0 Å². The molecule has 1 atom stereocenters. The van der Waals surface area contributed by atoms with Crippen LogP contribution in [0.3, 0.4) is 0 Å². The van der Waals surface area contributed by atoms with Crippen molar-refractivity contribution in [1.82, 2.24) is 20.9 Å². The molecule has 1 heterocycles. The third kappa shape index (κ3) is 7.98. The molecule has 0 aromatic heterocycles. The van der Waals surface area contributed by atoms with E-state index in [-0.39, 0.29) is 29.9 Å². The second-order valence-corrected chi connectivity index (χ2v) is 8.10. The summed E-state index contributed by atoms with van der Waals surface area (Å²) in [6, 6.07) is 18.6. The van der Waals surface area contributed by atoms with Crippen LogP contribution in [-0.4, -0.2) is 70.1 Å². The van der Waals surface area contributed by atoms with Gasteiger partial charge in [-0.15, -0.1) is 24.0 Å². The maximum absolute atomic E-state index is 12.4. The summed E-state index contributed by atoms with van der Waals surface area (Å²) in [6.45, 7) is 4.04. The number of para-hydroxylation sites is 1. The van der Waals surface area contributed by atoms with E-state index in [1.807, 2.05) is 49.3 Å². The molecule has 3 N–H and O–H groups in total. The summed E-state index contributed by atoms with van der Waals surface area (Å²) in [7, 11) is 5.77. The molecule has 32 heavy (non-hydrogen) atoms. The Morgan fingerprint density at radius 3 is 2.62 bits per heavy atom. The molecular formula is C24H35IN6O. The first-order valence-electron chi connectivity index (χ1n) is 10.8. The molecule has 7 nitrogen and oxygen atoms in total. The van der Waals surface area contributed by atoms with Crippen LogP contribution in [0.5, 0.6) is 0 Å². The Morgan fingerprint density at radius 2 is 1.91 bits per heavy atom. The second kappa shape index (κ2) is 13.3. The van der Waals surface area contributed by atoms with Crippen LogP contribution >= 0.6 is 24.0 Å². The summed E-state index contributed by atoms with van der Waals surface area (Å²) in [5.74, 6) is 0.735. The zero-order chi connectivity index (χ0) is 22.1. The number of rotatable bonds is 8. The van der Waals surface area contributed by atoms with Crippen molar-refractivity contribution < 1.29 is 4.79 Å². The third-order valence-corrected chi connectivity index (χ3v) is 5.37. The molecule has 8 heteroatoms. The Balaban J connectivity index is 0.00000363. The number of nitrogens with one attached hydrogen (secondary N) is 3. The van der Waals surface area contributed by atoms with Crippen molar-refractivity contribution in [3.05, 3.63) is 65.7 Å². The summed E-state index contributed by atoms with van der Waals surface area (Å²) >= 11 is 0. The van der Waals surface area contributed by atoms with E-state index >= 15 is 0 Å². The minimum absolute atomic E-state index is 0. The van der Waals surface area contributed by atoms with Crippen LogP contribution in [0, 0.1) is 0 Å². The fourth-order valence-corrected chi connectivity index (χ4v) is 3.64. The molecule has 1 saturated heterocycles. The first-order valence-corrected chi connectivity index (χ1v) is 10.8. The minimum Gasteiger partial charge on any atom is -0.369 e. The number of aliphatic imine (C=N–C) groups is 1. The largest absolute Gasteiger partial charge is 0.369 e. The van der Waals surface area contributed by atoms with Gasteiger partial charge in [0.25, 0.3) is 5.91 Å². The molecule has 1 aliphatic rings. The number of benzene rings is 2. The molecule has 1 unspecified atom stereocenters. The quantitative estimate of drug-likeness (QED) is 0.268. The van der Waals surface area contributed by atoms with Crippen LogP contribution in [0.2, 0.25) is 0 Å². The molecule has 0 radical (unpaired) electrons. The molecule has 0 spiro atoms. The van der Waals surface area contributed by atoms with Gasteiger partial charge in [-0.1, -0.05) is 30.3 Å². The highest BCUT2D eigenvalue weighted by molar-refractivity contribution is 14.0.